The van der Waals surface area contributed by atoms with E-state index in [9.17, 15) is 0 Å². The predicted molar refractivity (Wildman–Crippen MR) is 46.8 cm³/mol. The van der Waals surface area contributed by atoms with Gasteiger partial charge in [0.2, 0.25) is 0 Å². The first-order valence-electron chi connectivity index (χ1n) is 4.62. The van der Waals surface area contributed by atoms with Crippen LogP contribution in [-0.4, -0.2) is 37.7 Å². The first kappa shape index (κ1) is 9.01. The molecule has 0 N–H and O–H groups in total. The van der Waals surface area contributed by atoms with Crippen LogP contribution in [0.25, 0.3) is 0 Å². The number of hydrogen-bond donors (Lipinski definition) is 0. The molecule has 1 rings (SSSR count). The van der Waals surface area contributed by atoms with Crippen LogP contribution < -0.4 is 0 Å². The second-order valence-electron chi connectivity index (χ2n) is 3.27. The van der Waals surface area contributed by atoms with E-state index in [2.05, 4.69) is 18.9 Å². The third kappa shape index (κ3) is 2.80. The van der Waals surface area contributed by atoms with E-state index in [1.165, 1.54) is 19.3 Å². The summed E-state index contributed by atoms with van der Waals surface area (Å²) in [5, 5.41) is 0. The van der Waals surface area contributed by atoms with Gasteiger partial charge in [0.1, 0.15) is 0 Å². The Morgan fingerprint density at radius 3 is 2.91 bits per heavy atom. The topological polar surface area (TPSA) is 12.5 Å². The molecule has 1 unspecified atom stereocenters. The molecule has 0 bridgehead atoms. The van der Waals surface area contributed by atoms with Crippen LogP contribution in [0.1, 0.15) is 26.2 Å². The Bertz CT molecular complexity index is 97.7. The lowest BCUT2D eigenvalue weighted by atomic mass is 10.1. The summed E-state index contributed by atoms with van der Waals surface area (Å²) in [7, 11) is 2.20. The maximum absolute atomic E-state index is 5.39. The van der Waals surface area contributed by atoms with Crippen LogP contribution in [0, 0.1) is 0 Å². The summed E-state index contributed by atoms with van der Waals surface area (Å²) in [6.45, 7) is 5.29. The first-order chi connectivity index (χ1) is 5.34. The van der Waals surface area contributed by atoms with Crippen LogP contribution in [0.5, 0.6) is 0 Å². The quantitative estimate of drug-likeness (QED) is 0.602. The highest BCUT2D eigenvalue weighted by Crippen LogP contribution is 2.12. The normalized spacial score (nSPS) is 27.0. The van der Waals surface area contributed by atoms with E-state index in [4.69, 9.17) is 4.74 Å². The summed E-state index contributed by atoms with van der Waals surface area (Å²) in [6.07, 6.45) is 3.75. The van der Waals surface area contributed by atoms with Crippen molar-refractivity contribution in [3.05, 3.63) is 0 Å². The van der Waals surface area contributed by atoms with E-state index >= 15 is 0 Å². The van der Waals surface area contributed by atoms with Crippen LogP contribution in [0.15, 0.2) is 0 Å². The molecule has 1 aliphatic rings. The maximum Gasteiger partial charge on any atom is 0.0480 e. The van der Waals surface area contributed by atoms with Gasteiger partial charge in [0.25, 0.3) is 0 Å². The molecule has 2 nitrogen and oxygen atoms in total. The molecule has 0 saturated carbocycles. The van der Waals surface area contributed by atoms with Crippen LogP contribution in [0.2, 0.25) is 0 Å². The lowest BCUT2D eigenvalue weighted by Crippen LogP contribution is -2.31. The summed E-state index contributed by atoms with van der Waals surface area (Å²) in [5.41, 5.74) is 0. The minimum absolute atomic E-state index is 0.766. The van der Waals surface area contributed by atoms with E-state index in [1.807, 2.05) is 0 Å². The number of ether oxygens (including phenoxy) is 1. The lowest BCUT2D eigenvalue weighted by molar-refractivity contribution is 0.135. The Kier molecular flexibility index (Phi) is 3.87. The standard InChI is InChI=1S/C9H19NO/c1-3-10(2)9-5-4-7-11-8-6-9/h9H,3-8H2,1-2H3. The molecule has 2 heteroatoms. The van der Waals surface area contributed by atoms with Gasteiger partial charge in [-0.15, -0.1) is 0 Å². The Hall–Kier alpha value is -0.0800. The fourth-order valence-corrected chi connectivity index (χ4v) is 1.59. The van der Waals surface area contributed by atoms with Gasteiger partial charge >= 0.3 is 0 Å². The fraction of sp³-hybridized carbons (Fsp3) is 1.00. The van der Waals surface area contributed by atoms with E-state index in [1.54, 1.807) is 0 Å². The fourth-order valence-electron chi connectivity index (χ4n) is 1.59. The average molecular weight is 157 g/mol. The Morgan fingerprint density at radius 2 is 2.18 bits per heavy atom. The number of hydrogen-bond acceptors (Lipinski definition) is 2. The molecule has 0 amide bonds. The highest BCUT2D eigenvalue weighted by molar-refractivity contribution is 4.69. The van der Waals surface area contributed by atoms with Gasteiger partial charge in [-0.25, -0.2) is 0 Å². The van der Waals surface area contributed by atoms with Gasteiger partial charge in [0.05, 0.1) is 0 Å². The highest BCUT2D eigenvalue weighted by Gasteiger charge is 2.14. The molecule has 0 spiro atoms. The van der Waals surface area contributed by atoms with Crippen LogP contribution in [-0.2, 0) is 4.74 Å². The van der Waals surface area contributed by atoms with E-state index < -0.39 is 0 Å². The zero-order valence-electron chi connectivity index (χ0n) is 7.68. The Balaban J connectivity index is 2.30. The zero-order chi connectivity index (χ0) is 8.10. The SMILES string of the molecule is CCN(C)C1CCCOCC1. The van der Waals surface area contributed by atoms with Crippen molar-refractivity contribution >= 4 is 0 Å². The number of rotatable bonds is 2. The van der Waals surface area contributed by atoms with Gasteiger partial charge < -0.3 is 9.64 Å². The van der Waals surface area contributed by atoms with Crippen molar-refractivity contribution in [2.24, 2.45) is 0 Å². The zero-order valence-corrected chi connectivity index (χ0v) is 7.68. The van der Waals surface area contributed by atoms with Crippen molar-refractivity contribution in [1.29, 1.82) is 0 Å². The van der Waals surface area contributed by atoms with Crippen LogP contribution in [0.4, 0.5) is 0 Å². The van der Waals surface area contributed by atoms with Gasteiger partial charge in [-0.05, 0) is 32.9 Å². The minimum atomic E-state index is 0.766. The van der Waals surface area contributed by atoms with Crippen molar-refractivity contribution < 1.29 is 4.74 Å². The first-order valence-corrected chi connectivity index (χ1v) is 4.62. The van der Waals surface area contributed by atoms with E-state index in [0.29, 0.717) is 0 Å². The molecule has 0 aromatic carbocycles. The molecule has 0 radical (unpaired) electrons. The molecule has 1 aliphatic heterocycles. The van der Waals surface area contributed by atoms with Crippen molar-refractivity contribution in [1.82, 2.24) is 4.90 Å². The molecule has 1 saturated heterocycles. The molecule has 0 aromatic rings. The van der Waals surface area contributed by atoms with Crippen LogP contribution >= 0.6 is 0 Å². The second-order valence-corrected chi connectivity index (χ2v) is 3.27. The summed E-state index contributed by atoms with van der Waals surface area (Å²) in [6, 6.07) is 0.766. The summed E-state index contributed by atoms with van der Waals surface area (Å²) in [4.78, 5) is 2.43. The second kappa shape index (κ2) is 4.73. The van der Waals surface area contributed by atoms with Gasteiger partial charge in [0, 0.05) is 19.3 Å². The van der Waals surface area contributed by atoms with Gasteiger partial charge in [-0.3, -0.25) is 0 Å². The molecule has 0 aromatic heterocycles. The summed E-state index contributed by atoms with van der Waals surface area (Å²) in [5.74, 6) is 0. The summed E-state index contributed by atoms with van der Waals surface area (Å²) >= 11 is 0. The van der Waals surface area contributed by atoms with Crippen LogP contribution in [0.3, 0.4) is 0 Å². The largest absolute Gasteiger partial charge is 0.381 e. The number of nitrogens with zero attached hydrogens (tertiary/aromatic N) is 1. The molecule has 11 heavy (non-hydrogen) atoms. The maximum atomic E-state index is 5.39. The van der Waals surface area contributed by atoms with Crippen molar-refractivity contribution in [2.75, 3.05) is 26.8 Å². The third-order valence-electron chi connectivity index (χ3n) is 2.54. The monoisotopic (exact) mass is 157 g/mol. The van der Waals surface area contributed by atoms with Gasteiger partial charge in [-0.1, -0.05) is 6.92 Å². The van der Waals surface area contributed by atoms with Crippen molar-refractivity contribution in [3.63, 3.8) is 0 Å². The minimum Gasteiger partial charge on any atom is -0.381 e. The predicted octanol–water partition coefficient (Wildman–Crippen LogP) is 1.51. The van der Waals surface area contributed by atoms with E-state index in [-0.39, 0.29) is 0 Å². The Morgan fingerprint density at radius 1 is 1.36 bits per heavy atom. The molecule has 1 atom stereocenters. The molecular formula is C9H19NO. The average Bonchev–Trinajstić information content (AvgIpc) is 2.30. The van der Waals surface area contributed by atoms with Gasteiger partial charge in [-0.2, -0.15) is 0 Å². The van der Waals surface area contributed by atoms with Crippen molar-refractivity contribution in [2.45, 2.75) is 32.2 Å². The third-order valence-corrected chi connectivity index (χ3v) is 2.54. The molecule has 66 valence electrons. The summed E-state index contributed by atoms with van der Waals surface area (Å²) < 4.78 is 5.39. The molecule has 0 aliphatic carbocycles. The Labute approximate surface area is 69.5 Å². The smallest absolute Gasteiger partial charge is 0.0480 e. The van der Waals surface area contributed by atoms with Crippen molar-refractivity contribution in [3.8, 4) is 0 Å². The molecule has 1 fully saturated rings. The highest BCUT2D eigenvalue weighted by atomic mass is 16.5. The van der Waals surface area contributed by atoms with Gasteiger partial charge in [0.15, 0.2) is 0 Å². The van der Waals surface area contributed by atoms with E-state index in [0.717, 1.165) is 25.8 Å². The lowest BCUT2D eigenvalue weighted by Gasteiger charge is -2.24. The molecular weight excluding hydrogens is 138 g/mol. The molecule has 1 heterocycles.